The van der Waals surface area contributed by atoms with Gasteiger partial charge in [-0.3, -0.25) is 4.98 Å². The molecule has 1 heterocycles. The normalized spacial score (nSPS) is 12.2. The van der Waals surface area contributed by atoms with Gasteiger partial charge < -0.3 is 4.90 Å². The number of nitrogens with zero attached hydrogens (tertiary/aromatic N) is 2. The molecule has 0 saturated heterocycles. The van der Waals surface area contributed by atoms with Crippen molar-refractivity contribution in [2.75, 3.05) is 19.0 Å². The first kappa shape index (κ1) is 3.88. The van der Waals surface area contributed by atoms with E-state index >= 15 is 0 Å². The second-order valence-corrected chi connectivity index (χ2v) is 1.98. The van der Waals surface area contributed by atoms with E-state index < -0.39 is 0 Å². The third-order valence-corrected chi connectivity index (χ3v) is 1.07. The highest BCUT2D eigenvalue weighted by molar-refractivity contribution is 5.42. The highest BCUT2D eigenvalue weighted by atomic mass is 15.1. The molecule has 0 spiro atoms. The number of aromatic nitrogens is 1. The summed E-state index contributed by atoms with van der Waals surface area (Å²) in [6, 6.07) is 3.25. The van der Waals surface area contributed by atoms with Crippen molar-refractivity contribution in [2.45, 2.75) is 0 Å². The van der Waals surface area contributed by atoms with Gasteiger partial charge in [-0.25, -0.2) is 0 Å². The number of anilines is 1. The van der Waals surface area contributed by atoms with Crippen LogP contribution in [0, 0.1) is 0 Å². The molecule has 0 aliphatic heterocycles. The van der Waals surface area contributed by atoms with Gasteiger partial charge in [0.25, 0.3) is 0 Å². The zero-order chi connectivity index (χ0) is 8.43. The first-order chi connectivity index (χ1) is 5.09. The first-order valence-corrected chi connectivity index (χ1v) is 2.72. The van der Waals surface area contributed by atoms with Crippen molar-refractivity contribution in [3.05, 3.63) is 24.5 Å². The molecule has 0 atom stereocenters. The maximum absolute atomic E-state index is 7.21. The Balaban J connectivity index is 3.08. The third kappa shape index (κ3) is 1.42. The van der Waals surface area contributed by atoms with Gasteiger partial charge in [0.1, 0.15) is 0 Å². The lowest BCUT2D eigenvalue weighted by molar-refractivity contribution is 1.12. The van der Waals surface area contributed by atoms with E-state index in [9.17, 15) is 0 Å². The van der Waals surface area contributed by atoms with E-state index in [2.05, 4.69) is 4.98 Å². The molecule has 48 valence electrons. The standard InChI is InChI=1S/C7H10N2/c1-9(2)7-3-5-8-6-4-7/h3-6H,1-2H3/i5D,6D. The maximum atomic E-state index is 7.21. The molecule has 0 aliphatic carbocycles. The smallest absolute Gasteiger partial charge is 0.0841 e. The topological polar surface area (TPSA) is 16.1 Å². The molecule has 1 aromatic rings. The summed E-state index contributed by atoms with van der Waals surface area (Å²) in [5.74, 6) is 0. The van der Waals surface area contributed by atoms with Crippen LogP contribution in [0.1, 0.15) is 2.74 Å². The monoisotopic (exact) mass is 124 g/mol. The van der Waals surface area contributed by atoms with Crippen LogP contribution in [0.2, 0.25) is 0 Å². The minimum atomic E-state index is 0.140. The summed E-state index contributed by atoms with van der Waals surface area (Å²) in [6.45, 7) is 0. The van der Waals surface area contributed by atoms with Gasteiger partial charge in [0, 0.05) is 32.1 Å². The van der Waals surface area contributed by atoms with Crippen LogP contribution in [0.3, 0.4) is 0 Å². The molecule has 0 fully saturated rings. The number of rotatable bonds is 1. The van der Waals surface area contributed by atoms with E-state index in [1.807, 2.05) is 19.0 Å². The van der Waals surface area contributed by atoms with Gasteiger partial charge in [0.05, 0.1) is 2.74 Å². The van der Waals surface area contributed by atoms with Gasteiger partial charge in [0.2, 0.25) is 0 Å². The van der Waals surface area contributed by atoms with Crippen LogP contribution in [0.25, 0.3) is 0 Å². The van der Waals surface area contributed by atoms with Crippen LogP contribution in [-0.2, 0) is 0 Å². The summed E-state index contributed by atoms with van der Waals surface area (Å²) in [4.78, 5) is 5.47. The zero-order valence-electron chi connectivity index (χ0n) is 7.55. The molecule has 0 saturated carbocycles. The molecule has 1 aromatic heterocycles. The van der Waals surface area contributed by atoms with Crippen LogP contribution < -0.4 is 4.90 Å². The summed E-state index contributed by atoms with van der Waals surface area (Å²) >= 11 is 0. The van der Waals surface area contributed by atoms with E-state index in [0.717, 1.165) is 5.69 Å². The Hall–Kier alpha value is -1.05. The summed E-state index contributed by atoms with van der Waals surface area (Å²) in [5, 5.41) is 0. The van der Waals surface area contributed by atoms with Crippen LogP contribution >= 0.6 is 0 Å². The van der Waals surface area contributed by atoms with Gasteiger partial charge in [-0.2, -0.15) is 0 Å². The lowest BCUT2D eigenvalue weighted by Gasteiger charge is -2.10. The van der Waals surface area contributed by atoms with Crippen molar-refractivity contribution >= 4 is 5.69 Å². The van der Waals surface area contributed by atoms with E-state index in [1.54, 1.807) is 12.1 Å². The Morgan fingerprint density at radius 2 is 2.00 bits per heavy atom. The molecule has 2 nitrogen and oxygen atoms in total. The molecule has 0 N–H and O–H groups in total. The molecule has 0 radical (unpaired) electrons. The molecule has 0 unspecified atom stereocenters. The number of pyridine rings is 1. The van der Waals surface area contributed by atoms with E-state index in [-0.39, 0.29) is 12.3 Å². The fraction of sp³-hybridized carbons (Fsp3) is 0.286. The Labute approximate surface area is 58.0 Å². The van der Waals surface area contributed by atoms with Crippen LogP contribution in [0.4, 0.5) is 5.69 Å². The van der Waals surface area contributed by atoms with Crippen molar-refractivity contribution in [2.24, 2.45) is 0 Å². The predicted molar refractivity (Wildman–Crippen MR) is 38.6 cm³/mol. The number of hydrogen-bond acceptors (Lipinski definition) is 2. The van der Waals surface area contributed by atoms with E-state index in [1.165, 1.54) is 0 Å². The molecule has 1 rings (SSSR count). The largest absolute Gasteiger partial charge is 0.378 e. The summed E-state index contributed by atoms with van der Waals surface area (Å²) in [5.41, 5.74) is 0.843. The Bertz CT molecular complexity index is 240. The van der Waals surface area contributed by atoms with Crippen molar-refractivity contribution in [3.8, 4) is 0 Å². The highest BCUT2D eigenvalue weighted by Crippen LogP contribution is 2.05. The zero-order valence-corrected chi connectivity index (χ0v) is 5.55. The molecule has 0 aliphatic rings. The Morgan fingerprint density at radius 3 is 2.44 bits per heavy atom. The Morgan fingerprint density at radius 1 is 1.44 bits per heavy atom. The molecule has 0 bridgehead atoms. The second-order valence-electron chi connectivity index (χ2n) is 1.98. The predicted octanol–water partition coefficient (Wildman–Crippen LogP) is 1.15. The molecule has 0 amide bonds. The van der Waals surface area contributed by atoms with Crippen molar-refractivity contribution in [1.82, 2.24) is 4.98 Å². The van der Waals surface area contributed by atoms with Crippen molar-refractivity contribution in [3.63, 3.8) is 0 Å². The lowest BCUT2D eigenvalue weighted by atomic mass is 10.4. The minimum Gasteiger partial charge on any atom is -0.378 e. The molecule has 2 heteroatoms. The van der Waals surface area contributed by atoms with Crippen molar-refractivity contribution in [1.29, 1.82) is 0 Å². The first-order valence-electron chi connectivity index (χ1n) is 3.72. The summed E-state index contributed by atoms with van der Waals surface area (Å²) in [7, 11) is 3.74. The second kappa shape index (κ2) is 2.49. The van der Waals surface area contributed by atoms with E-state index in [4.69, 9.17) is 2.74 Å². The van der Waals surface area contributed by atoms with Gasteiger partial charge in [-0.1, -0.05) is 0 Å². The SMILES string of the molecule is [2H]c1cc(N(C)C)cc([2H])n1. The highest BCUT2D eigenvalue weighted by Gasteiger charge is 1.88. The molecule has 0 aromatic carbocycles. The van der Waals surface area contributed by atoms with Crippen LogP contribution in [0.15, 0.2) is 24.5 Å². The third-order valence-electron chi connectivity index (χ3n) is 1.07. The van der Waals surface area contributed by atoms with E-state index in [0.29, 0.717) is 0 Å². The lowest BCUT2D eigenvalue weighted by Crippen LogP contribution is -2.07. The van der Waals surface area contributed by atoms with Gasteiger partial charge in [-0.15, -0.1) is 0 Å². The average Bonchev–Trinajstić information content (AvgIpc) is 1.85. The van der Waals surface area contributed by atoms with Crippen LogP contribution in [0.5, 0.6) is 0 Å². The van der Waals surface area contributed by atoms with Crippen LogP contribution in [-0.4, -0.2) is 19.1 Å². The Kier molecular flexibility index (Phi) is 1.07. The molecule has 9 heavy (non-hydrogen) atoms. The maximum Gasteiger partial charge on any atom is 0.0841 e. The van der Waals surface area contributed by atoms with Gasteiger partial charge in [0.15, 0.2) is 0 Å². The fourth-order valence-corrected chi connectivity index (χ4v) is 0.534. The summed E-state index contributed by atoms with van der Waals surface area (Å²) < 4.78 is 14.4. The molecular weight excluding hydrogens is 112 g/mol. The van der Waals surface area contributed by atoms with Gasteiger partial charge >= 0.3 is 0 Å². The minimum absolute atomic E-state index is 0.140. The molecular formula is C7H10N2. The number of hydrogen-bond donors (Lipinski definition) is 0. The quantitative estimate of drug-likeness (QED) is 0.558. The van der Waals surface area contributed by atoms with Crippen molar-refractivity contribution < 1.29 is 2.74 Å². The van der Waals surface area contributed by atoms with Gasteiger partial charge in [-0.05, 0) is 12.1 Å². The average molecular weight is 124 g/mol. The summed E-state index contributed by atoms with van der Waals surface area (Å²) in [6.07, 6.45) is 0.280. The fourth-order valence-electron chi connectivity index (χ4n) is 0.534.